The average Bonchev–Trinajstić information content (AvgIpc) is 2.32. The molecule has 0 unspecified atom stereocenters. The number of hydrogen-bond donors (Lipinski definition) is 3. The summed E-state index contributed by atoms with van der Waals surface area (Å²) in [7, 11) is 0. The Bertz CT molecular complexity index is 412. The van der Waals surface area contributed by atoms with Gasteiger partial charge in [0, 0.05) is 12.1 Å². The van der Waals surface area contributed by atoms with Gasteiger partial charge in [0.2, 0.25) is 0 Å². The molecule has 0 aliphatic carbocycles. The van der Waals surface area contributed by atoms with Gasteiger partial charge in [0.05, 0.1) is 21.8 Å². The highest BCUT2D eigenvalue weighted by Gasteiger charge is 2.19. The van der Waals surface area contributed by atoms with Crippen molar-refractivity contribution < 1.29 is 5.11 Å². The maximum absolute atomic E-state index is 10.2. The van der Waals surface area contributed by atoms with Gasteiger partial charge in [-0.15, -0.1) is 0 Å². The molecule has 1 atom stereocenters. The Kier molecular flexibility index (Phi) is 5.93. The largest absolute Gasteiger partial charge is 0.396 e. The lowest BCUT2D eigenvalue weighted by atomic mass is 9.98. The van der Waals surface area contributed by atoms with Gasteiger partial charge in [-0.3, -0.25) is 0 Å². The molecule has 0 saturated heterocycles. The van der Waals surface area contributed by atoms with E-state index >= 15 is 0 Å². The Morgan fingerprint density at radius 2 is 1.84 bits per heavy atom. The average molecular weight is 305 g/mol. The van der Waals surface area contributed by atoms with Gasteiger partial charge in [0.15, 0.2) is 0 Å². The molecule has 0 fully saturated rings. The van der Waals surface area contributed by atoms with Crippen molar-refractivity contribution in [3.63, 3.8) is 0 Å². The molecule has 108 valence electrons. The third-order valence-corrected chi connectivity index (χ3v) is 3.76. The van der Waals surface area contributed by atoms with Crippen molar-refractivity contribution in [1.29, 1.82) is 0 Å². The molecule has 0 aliphatic heterocycles. The molecule has 0 radical (unpaired) electrons. The standard InChI is InChI=1S/C14H22Cl2N2O/c1-4-5-14(2,3)18-8-12(19)9-6-10(15)13(17)11(16)7-9/h6-7,12,18-19H,4-5,8,17H2,1-3H3/t12-/m1/s1. The summed E-state index contributed by atoms with van der Waals surface area (Å²) in [6.45, 7) is 6.82. The highest BCUT2D eigenvalue weighted by atomic mass is 35.5. The van der Waals surface area contributed by atoms with Crippen LogP contribution in [0.25, 0.3) is 0 Å². The summed E-state index contributed by atoms with van der Waals surface area (Å²) in [5.41, 5.74) is 6.69. The minimum atomic E-state index is -0.660. The highest BCUT2D eigenvalue weighted by molar-refractivity contribution is 6.38. The number of aliphatic hydroxyl groups excluding tert-OH is 1. The van der Waals surface area contributed by atoms with E-state index in [1.54, 1.807) is 12.1 Å². The summed E-state index contributed by atoms with van der Waals surface area (Å²) < 4.78 is 0. The molecule has 0 amide bonds. The number of aliphatic hydroxyl groups is 1. The van der Waals surface area contributed by atoms with E-state index in [0.29, 0.717) is 27.8 Å². The maximum Gasteiger partial charge on any atom is 0.0915 e. The predicted molar refractivity (Wildman–Crippen MR) is 82.8 cm³/mol. The minimum absolute atomic E-state index is 0.00285. The van der Waals surface area contributed by atoms with Gasteiger partial charge >= 0.3 is 0 Å². The summed E-state index contributed by atoms with van der Waals surface area (Å²) in [6.07, 6.45) is 1.48. The summed E-state index contributed by atoms with van der Waals surface area (Å²) >= 11 is 11.9. The Morgan fingerprint density at radius 3 is 2.32 bits per heavy atom. The molecule has 0 spiro atoms. The van der Waals surface area contributed by atoms with E-state index in [1.165, 1.54) is 0 Å². The normalized spacial score (nSPS) is 13.6. The van der Waals surface area contributed by atoms with Crippen LogP contribution in [0.2, 0.25) is 10.0 Å². The van der Waals surface area contributed by atoms with Crippen molar-refractivity contribution in [2.45, 2.75) is 45.3 Å². The number of β-amino-alcohol motifs (C(OH)–C–C–N with tert-alkyl or cyclic N) is 1. The number of nitrogen functional groups attached to an aromatic ring is 1. The van der Waals surface area contributed by atoms with Crippen LogP contribution in [-0.2, 0) is 0 Å². The zero-order chi connectivity index (χ0) is 14.6. The Morgan fingerprint density at radius 1 is 1.32 bits per heavy atom. The monoisotopic (exact) mass is 304 g/mol. The molecule has 0 aliphatic rings. The number of halogens is 2. The molecule has 19 heavy (non-hydrogen) atoms. The summed E-state index contributed by atoms with van der Waals surface area (Å²) in [6, 6.07) is 3.31. The Hall–Kier alpha value is -0.480. The fraction of sp³-hybridized carbons (Fsp3) is 0.571. The first kappa shape index (κ1) is 16.6. The van der Waals surface area contributed by atoms with Crippen molar-refractivity contribution in [2.24, 2.45) is 0 Å². The van der Waals surface area contributed by atoms with Crippen LogP contribution in [0.1, 0.15) is 45.3 Å². The maximum atomic E-state index is 10.2. The van der Waals surface area contributed by atoms with Gasteiger partial charge < -0.3 is 16.2 Å². The van der Waals surface area contributed by atoms with E-state index in [2.05, 4.69) is 26.1 Å². The van der Waals surface area contributed by atoms with Crippen molar-refractivity contribution in [3.05, 3.63) is 27.7 Å². The molecule has 4 N–H and O–H groups in total. The zero-order valence-electron chi connectivity index (χ0n) is 11.6. The first-order valence-electron chi connectivity index (χ1n) is 6.44. The second-order valence-corrected chi connectivity index (χ2v) is 6.24. The molecule has 3 nitrogen and oxygen atoms in total. The van der Waals surface area contributed by atoms with Crippen LogP contribution in [0.15, 0.2) is 12.1 Å². The number of nitrogens with two attached hydrogens (primary N) is 1. The van der Waals surface area contributed by atoms with Gasteiger partial charge in [-0.1, -0.05) is 36.5 Å². The molecule has 5 heteroatoms. The van der Waals surface area contributed by atoms with Crippen LogP contribution in [0.4, 0.5) is 5.69 Å². The summed E-state index contributed by atoms with van der Waals surface area (Å²) in [5, 5.41) is 14.3. The van der Waals surface area contributed by atoms with Gasteiger partial charge in [-0.2, -0.15) is 0 Å². The second kappa shape index (κ2) is 6.80. The van der Waals surface area contributed by atoms with Crippen molar-refractivity contribution in [3.8, 4) is 0 Å². The highest BCUT2D eigenvalue weighted by Crippen LogP contribution is 2.31. The molecule has 1 aromatic rings. The molecule has 0 heterocycles. The van der Waals surface area contributed by atoms with Crippen molar-refractivity contribution >= 4 is 28.9 Å². The lowest BCUT2D eigenvalue weighted by Gasteiger charge is -2.27. The SMILES string of the molecule is CCCC(C)(C)NC[C@@H](O)c1cc(Cl)c(N)c(Cl)c1. The van der Waals surface area contributed by atoms with Gasteiger partial charge in [0.25, 0.3) is 0 Å². The second-order valence-electron chi connectivity index (χ2n) is 5.43. The number of anilines is 1. The summed E-state index contributed by atoms with van der Waals surface area (Å²) in [4.78, 5) is 0. The lowest BCUT2D eigenvalue weighted by Crippen LogP contribution is -2.41. The molecule has 0 saturated carbocycles. The molecule has 0 bridgehead atoms. The first-order valence-corrected chi connectivity index (χ1v) is 7.20. The predicted octanol–water partition coefficient (Wildman–Crippen LogP) is 3.78. The molecular formula is C14H22Cl2N2O. The van der Waals surface area contributed by atoms with Gasteiger partial charge in [-0.25, -0.2) is 0 Å². The van der Waals surface area contributed by atoms with Crippen LogP contribution in [0, 0.1) is 0 Å². The third kappa shape index (κ3) is 4.84. The molecule has 1 aromatic carbocycles. The van der Waals surface area contributed by atoms with E-state index in [-0.39, 0.29) is 5.54 Å². The molecule has 1 rings (SSSR count). The number of nitrogens with one attached hydrogen (secondary N) is 1. The zero-order valence-corrected chi connectivity index (χ0v) is 13.1. The van der Waals surface area contributed by atoms with Crippen LogP contribution in [0.3, 0.4) is 0 Å². The fourth-order valence-electron chi connectivity index (χ4n) is 2.00. The van der Waals surface area contributed by atoms with Crippen LogP contribution >= 0.6 is 23.2 Å². The van der Waals surface area contributed by atoms with Gasteiger partial charge in [0.1, 0.15) is 0 Å². The van der Waals surface area contributed by atoms with Crippen LogP contribution < -0.4 is 11.1 Å². The van der Waals surface area contributed by atoms with E-state index in [1.807, 2.05) is 0 Å². The van der Waals surface area contributed by atoms with E-state index in [0.717, 1.165) is 12.8 Å². The third-order valence-electron chi connectivity index (χ3n) is 3.14. The molecule has 0 aromatic heterocycles. The van der Waals surface area contributed by atoms with E-state index < -0.39 is 6.10 Å². The van der Waals surface area contributed by atoms with E-state index in [4.69, 9.17) is 28.9 Å². The quantitative estimate of drug-likeness (QED) is 0.701. The number of benzene rings is 1. The first-order chi connectivity index (χ1) is 8.76. The Balaban J connectivity index is 2.71. The van der Waals surface area contributed by atoms with Gasteiger partial charge in [-0.05, 0) is 38.0 Å². The van der Waals surface area contributed by atoms with Crippen LogP contribution in [-0.4, -0.2) is 17.2 Å². The lowest BCUT2D eigenvalue weighted by molar-refractivity contribution is 0.159. The fourth-order valence-corrected chi connectivity index (χ4v) is 2.50. The number of rotatable bonds is 6. The topological polar surface area (TPSA) is 58.3 Å². The van der Waals surface area contributed by atoms with Crippen molar-refractivity contribution in [1.82, 2.24) is 5.32 Å². The van der Waals surface area contributed by atoms with Crippen molar-refractivity contribution in [2.75, 3.05) is 12.3 Å². The smallest absolute Gasteiger partial charge is 0.0915 e. The minimum Gasteiger partial charge on any atom is -0.396 e. The molecular weight excluding hydrogens is 283 g/mol. The van der Waals surface area contributed by atoms with E-state index in [9.17, 15) is 5.11 Å². The Labute approximate surface area is 125 Å². The number of hydrogen-bond acceptors (Lipinski definition) is 3. The van der Waals surface area contributed by atoms with Crippen LogP contribution in [0.5, 0.6) is 0 Å². The summed E-state index contributed by atoms with van der Waals surface area (Å²) in [5.74, 6) is 0.